The van der Waals surface area contributed by atoms with Crippen LogP contribution in [0.15, 0.2) is 34.3 Å². The maximum atomic E-state index is 12.8. The van der Waals surface area contributed by atoms with E-state index >= 15 is 0 Å². The van der Waals surface area contributed by atoms with Gasteiger partial charge in [-0.05, 0) is 26.7 Å². The van der Waals surface area contributed by atoms with Gasteiger partial charge in [-0.25, -0.2) is 29.0 Å². The molecule has 3 atom stereocenters. The Hall–Kier alpha value is -3.55. The van der Waals surface area contributed by atoms with Gasteiger partial charge in [-0.2, -0.15) is 4.99 Å². The lowest BCUT2D eigenvalue weighted by molar-refractivity contribution is -0.147. The number of nitrogens with zero attached hydrogens (tertiary/aromatic N) is 2. The number of carbonyl (C=O) groups is 3. The van der Waals surface area contributed by atoms with Gasteiger partial charge in [0, 0.05) is 11.1 Å². The van der Waals surface area contributed by atoms with Crippen molar-refractivity contribution in [2.45, 2.75) is 90.4 Å². The van der Waals surface area contributed by atoms with E-state index in [-0.39, 0.29) is 11.1 Å². The van der Waals surface area contributed by atoms with Gasteiger partial charge >= 0.3 is 18.0 Å². The van der Waals surface area contributed by atoms with E-state index in [0.717, 1.165) is 19.3 Å². The number of carbonyl (C=O) groups excluding carboxylic acids is 5. The third-order valence-electron chi connectivity index (χ3n) is 5.02. The van der Waals surface area contributed by atoms with E-state index in [0.29, 0.717) is 19.3 Å². The Morgan fingerprint density at radius 2 is 1.36 bits per heavy atom. The van der Waals surface area contributed by atoms with Crippen molar-refractivity contribution in [3.05, 3.63) is 24.3 Å². The molecule has 0 aliphatic heterocycles. The van der Waals surface area contributed by atoms with Gasteiger partial charge in [0.25, 0.3) is 0 Å². The highest BCUT2D eigenvalue weighted by Crippen LogP contribution is 2.19. The van der Waals surface area contributed by atoms with Crippen LogP contribution in [0.4, 0.5) is 4.79 Å². The van der Waals surface area contributed by atoms with Gasteiger partial charge < -0.3 is 19.5 Å². The first-order valence-electron chi connectivity index (χ1n) is 11.9. The number of ether oxygens (including phenoxy) is 3. The number of isocyanates is 2. The van der Waals surface area contributed by atoms with E-state index in [9.17, 15) is 24.0 Å². The minimum Gasteiger partial charge on any atom is -0.458 e. The molecule has 0 spiro atoms. The number of rotatable bonds is 18. The molecule has 0 rings (SSSR count). The lowest BCUT2D eigenvalue weighted by Crippen LogP contribution is -2.48. The van der Waals surface area contributed by atoms with Crippen molar-refractivity contribution >= 4 is 30.2 Å². The standard InChI is InChI=1S/C25H37N3O8/c1-7-9-11-20(26-15-29)22(27-16-30)21(12-10-8-2)28-25(33)36-19(13-34-23(31)17(3)4)14-35-24(32)18(5)6/h19-22H,3,5,7-14H2,1-2,4,6H3,(H,28,33). The van der Waals surface area contributed by atoms with Crippen LogP contribution in [0.5, 0.6) is 0 Å². The average molecular weight is 508 g/mol. The lowest BCUT2D eigenvalue weighted by Gasteiger charge is -2.28. The molecule has 200 valence electrons. The number of aliphatic imine (C=N–C) groups is 2. The molecule has 0 saturated heterocycles. The normalized spacial score (nSPS) is 12.7. The Balaban J connectivity index is 5.69. The Labute approximate surface area is 212 Å². The third-order valence-corrected chi connectivity index (χ3v) is 5.02. The van der Waals surface area contributed by atoms with Crippen LogP contribution >= 0.6 is 0 Å². The number of esters is 2. The summed E-state index contributed by atoms with van der Waals surface area (Å²) in [6.45, 7) is 13.0. The van der Waals surface area contributed by atoms with Crippen molar-refractivity contribution in [1.82, 2.24) is 5.32 Å². The number of hydrogen-bond donors (Lipinski definition) is 1. The Morgan fingerprint density at radius 1 is 0.861 bits per heavy atom. The molecule has 0 aliphatic rings. The second-order valence-corrected chi connectivity index (χ2v) is 8.32. The van der Waals surface area contributed by atoms with Crippen LogP contribution in [0, 0.1) is 0 Å². The van der Waals surface area contributed by atoms with Crippen molar-refractivity contribution in [2.75, 3.05) is 13.2 Å². The number of amides is 1. The smallest absolute Gasteiger partial charge is 0.407 e. The zero-order chi connectivity index (χ0) is 27.5. The van der Waals surface area contributed by atoms with Crippen molar-refractivity contribution in [3.63, 3.8) is 0 Å². The molecule has 11 heteroatoms. The van der Waals surface area contributed by atoms with Gasteiger partial charge in [-0.1, -0.05) is 52.7 Å². The third kappa shape index (κ3) is 13.4. The van der Waals surface area contributed by atoms with Gasteiger partial charge in [0.05, 0.1) is 12.1 Å². The molecule has 0 aliphatic carbocycles. The van der Waals surface area contributed by atoms with Crippen LogP contribution in [0.2, 0.25) is 0 Å². The van der Waals surface area contributed by atoms with E-state index in [1.54, 1.807) is 0 Å². The summed E-state index contributed by atoms with van der Waals surface area (Å²) in [4.78, 5) is 66.1. The van der Waals surface area contributed by atoms with E-state index in [1.165, 1.54) is 26.0 Å². The minimum absolute atomic E-state index is 0.139. The summed E-state index contributed by atoms with van der Waals surface area (Å²) in [7, 11) is 0. The first-order valence-corrected chi connectivity index (χ1v) is 11.9. The molecule has 0 fully saturated rings. The largest absolute Gasteiger partial charge is 0.458 e. The fourth-order valence-corrected chi connectivity index (χ4v) is 3.09. The number of unbranched alkanes of at least 4 members (excludes halogenated alkanes) is 2. The molecule has 1 N–H and O–H groups in total. The highest BCUT2D eigenvalue weighted by atomic mass is 16.6. The van der Waals surface area contributed by atoms with Gasteiger partial charge in [0.1, 0.15) is 19.3 Å². The second-order valence-electron chi connectivity index (χ2n) is 8.32. The molecule has 0 bridgehead atoms. The van der Waals surface area contributed by atoms with Crippen molar-refractivity contribution in [1.29, 1.82) is 0 Å². The average Bonchev–Trinajstić information content (AvgIpc) is 2.84. The lowest BCUT2D eigenvalue weighted by atomic mass is 9.93. The molecular weight excluding hydrogens is 470 g/mol. The molecule has 3 unspecified atom stereocenters. The topological polar surface area (TPSA) is 150 Å². The first kappa shape index (κ1) is 32.4. The second kappa shape index (κ2) is 18.7. The zero-order valence-corrected chi connectivity index (χ0v) is 21.5. The number of hydrogen-bond acceptors (Lipinski definition) is 10. The zero-order valence-electron chi connectivity index (χ0n) is 21.5. The maximum Gasteiger partial charge on any atom is 0.407 e. The summed E-state index contributed by atoms with van der Waals surface area (Å²) in [6.07, 6.45) is 4.84. The van der Waals surface area contributed by atoms with E-state index < -0.39 is 55.5 Å². The Bertz CT molecular complexity index is 829. The molecule has 36 heavy (non-hydrogen) atoms. The van der Waals surface area contributed by atoms with Crippen LogP contribution in [0.25, 0.3) is 0 Å². The molecule has 11 nitrogen and oxygen atoms in total. The predicted octanol–water partition coefficient (Wildman–Crippen LogP) is 3.48. The van der Waals surface area contributed by atoms with E-state index in [1.807, 2.05) is 13.8 Å². The summed E-state index contributed by atoms with van der Waals surface area (Å²) in [5.41, 5.74) is 0.278. The minimum atomic E-state index is -1.14. The number of alkyl carbamates (subject to hydrolysis) is 1. The van der Waals surface area contributed by atoms with Crippen LogP contribution in [0.3, 0.4) is 0 Å². The van der Waals surface area contributed by atoms with Crippen LogP contribution in [0.1, 0.15) is 66.2 Å². The molecule has 0 aromatic heterocycles. The monoisotopic (exact) mass is 507 g/mol. The Kier molecular flexibility index (Phi) is 16.9. The highest BCUT2D eigenvalue weighted by molar-refractivity contribution is 5.87. The molecule has 0 aromatic rings. The maximum absolute atomic E-state index is 12.8. The highest BCUT2D eigenvalue weighted by Gasteiger charge is 2.31. The molecule has 0 radical (unpaired) electrons. The molecule has 0 aromatic carbocycles. The van der Waals surface area contributed by atoms with Gasteiger partial charge in [-0.15, -0.1) is 0 Å². The molecule has 0 heterocycles. The van der Waals surface area contributed by atoms with Crippen molar-refractivity contribution in [2.24, 2.45) is 9.98 Å². The summed E-state index contributed by atoms with van der Waals surface area (Å²) in [5, 5.41) is 2.66. The summed E-state index contributed by atoms with van der Waals surface area (Å²) < 4.78 is 15.4. The van der Waals surface area contributed by atoms with Crippen molar-refractivity contribution in [3.8, 4) is 0 Å². The fraction of sp³-hybridized carbons (Fsp3) is 0.640. The first-order chi connectivity index (χ1) is 17.1. The molecule has 1 amide bonds. The SMILES string of the molecule is C=C(C)C(=O)OCC(COC(=O)C(=C)C)OC(=O)NC(CCCC)C(N=C=O)C(CCCC)N=C=O. The summed E-state index contributed by atoms with van der Waals surface area (Å²) >= 11 is 0. The molecular formula is C25H37N3O8. The van der Waals surface area contributed by atoms with Crippen LogP contribution in [-0.4, -0.2) is 67.6 Å². The summed E-state index contributed by atoms with van der Waals surface area (Å²) in [6, 6.07) is -2.26. The van der Waals surface area contributed by atoms with E-state index in [4.69, 9.17) is 14.2 Å². The predicted molar refractivity (Wildman–Crippen MR) is 132 cm³/mol. The quantitative estimate of drug-likeness (QED) is 0.0974. The summed E-state index contributed by atoms with van der Waals surface area (Å²) in [5.74, 6) is -1.41. The number of nitrogens with one attached hydrogen (secondary N) is 1. The van der Waals surface area contributed by atoms with Gasteiger partial charge in [-0.3, -0.25) is 0 Å². The van der Waals surface area contributed by atoms with Gasteiger partial charge in [0.2, 0.25) is 12.2 Å². The molecule has 0 saturated carbocycles. The van der Waals surface area contributed by atoms with E-state index in [2.05, 4.69) is 28.5 Å². The van der Waals surface area contributed by atoms with Gasteiger partial charge in [0.15, 0.2) is 6.10 Å². The van der Waals surface area contributed by atoms with Crippen LogP contribution < -0.4 is 5.32 Å². The van der Waals surface area contributed by atoms with Crippen molar-refractivity contribution < 1.29 is 38.2 Å². The Morgan fingerprint density at radius 3 is 1.81 bits per heavy atom. The fourth-order valence-electron chi connectivity index (χ4n) is 3.09. The van der Waals surface area contributed by atoms with Crippen LogP contribution in [-0.2, 0) is 33.4 Å².